The fourth-order valence-corrected chi connectivity index (χ4v) is 2.37. The van der Waals surface area contributed by atoms with Crippen LogP contribution in [0.2, 0.25) is 0 Å². The molecule has 0 aromatic heterocycles. The Hall–Kier alpha value is -2.33. The van der Waals surface area contributed by atoms with Crippen molar-refractivity contribution in [2.45, 2.75) is 25.8 Å². The minimum Gasteiger partial charge on any atom is -0.497 e. The monoisotopic (exact) mass is 312 g/mol. The van der Waals surface area contributed by atoms with E-state index in [2.05, 4.69) is 11.4 Å². The molecule has 1 unspecified atom stereocenters. The SMILES string of the molecule is COc1cccc(CCCNC(=O)C(N)c2ccc(C)cc2)c1. The van der Waals surface area contributed by atoms with Crippen LogP contribution in [-0.4, -0.2) is 19.6 Å². The summed E-state index contributed by atoms with van der Waals surface area (Å²) in [6.07, 6.45) is 1.75. The third kappa shape index (κ3) is 5.11. The number of nitrogens with two attached hydrogens (primary N) is 1. The van der Waals surface area contributed by atoms with Crippen molar-refractivity contribution in [2.24, 2.45) is 5.73 Å². The first-order valence-corrected chi connectivity index (χ1v) is 7.83. The molecule has 23 heavy (non-hydrogen) atoms. The molecule has 4 nitrogen and oxygen atoms in total. The molecule has 0 bridgehead atoms. The lowest BCUT2D eigenvalue weighted by molar-refractivity contribution is -0.122. The van der Waals surface area contributed by atoms with Crippen molar-refractivity contribution in [2.75, 3.05) is 13.7 Å². The van der Waals surface area contributed by atoms with E-state index in [9.17, 15) is 4.79 Å². The standard InChI is InChI=1S/C19H24N2O2/c1-14-8-10-16(11-9-14)18(20)19(22)21-12-4-6-15-5-3-7-17(13-15)23-2/h3,5,7-11,13,18H,4,6,12,20H2,1-2H3,(H,21,22). The van der Waals surface area contributed by atoms with Crippen molar-refractivity contribution in [1.29, 1.82) is 0 Å². The summed E-state index contributed by atoms with van der Waals surface area (Å²) < 4.78 is 5.20. The maximum Gasteiger partial charge on any atom is 0.241 e. The molecule has 0 aliphatic heterocycles. The highest BCUT2D eigenvalue weighted by Crippen LogP contribution is 2.14. The van der Waals surface area contributed by atoms with Gasteiger partial charge in [0.15, 0.2) is 0 Å². The van der Waals surface area contributed by atoms with E-state index in [0.717, 1.165) is 29.7 Å². The van der Waals surface area contributed by atoms with E-state index in [1.165, 1.54) is 5.56 Å². The number of hydrogen-bond donors (Lipinski definition) is 2. The van der Waals surface area contributed by atoms with Crippen molar-refractivity contribution in [3.63, 3.8) is 0 Å². The lowest BCUT2D eigenvalue weighted by Gasteiger charge is -2.13. The molecule has 4 heteroatoms. The third-order valence-electron chi connectivity index (χ3n) is 3.79. The van der Waals surface area contributed by atoms with E-state index < -0.39 is 6.04 Å². The average molecular weight is 312 g/mol. The van der Waals surface area contributed by atoms with Crippen LogP contribution in [0.3, 0.4) is 0 Å². The second-order valence-corrected chi connectivity index (χ2v) is 5.63. The summed E-state index contributed by atoms with van der Waals surface area (Å²) >= 11 is 0. The van der Waals surface area contributed by atoms with E-state index in [-0.39, 0.29) is 5.91 Å². The van der Waals surface area contributed by atoms with Gasteiger partial charge in [0.1, 0.15) is 11.8 Å². The number of rotatable bonds is 7. The highest BCUT2D eigenvalue weighted by Gasteiger charge is 2.14. The van der Waals surface area contributed by atoms with Crippen LogP contribution in [0.5, 0.6) is 5.75 Å². The molecule has 2 aromatic carbocycles. The van der Waals surface area contributed by atoms with Crippen LogP contribution in [0.25, 0.3) is 0 Å². The smallest absolute Gasteiger partial charge is 0.241 e. The highest BCUT2D eigenvalue weighted by atomic mass is 16.5. The second kappa shape index (κ2) is 8.34. The van der Waals surface area contributed by atoms with Gasteiger partial charge < -0.3 is 15.8 Å². The highest BCUT2D eigenvalue weighted by molar-refractivity contribution is 5.82. The molecule has 0 heterocycles. The van der Waals surface area contributed by atoms with Gasteiger partial charge in [-0.25, -0.2) is 0 Å². The molecule has 1 amide bonds. The van der Waals surface area contributed by atoms with E-state index in [1.807, 2.05) is 49.4 Å². The number of amides is 1. The van der Waals surface area contributed by atoms with E-state index in [1.54, 1.807) is 7.11 Å². The van der Waals surface area contributed by atoms with Crippen LogP contribution in [0.4, 0.5) is 0 Å². The Balaban J connectivity index is 1.77. The number of carbonyl (C=O) groups excluding carboxylic acids is 1. The first-order chi connectivity index (χ1) is 11.1. The second-order valence-electron chi connectivity index (χ2n) is 5.63. The summed E-state index contributed by atoms with van der Waals surface area (Å²) in [5.74, 6) is 0.715. The van der Waals surface area contributed by atoms with Gasteiger partial charge in [0.25, 0.3) is 0 Å². The van der Waals surface area contributed by atoms with Crippen molar-refractivity contribution < 1.29 is 9.53 Å². The lowest BCUT2D eigenvalue weighted by atomic mass is 10.1. The predicted molar refractivity (Wildman–Crippen MR) is 92.4 cm³/mol. The minimum absolute atomic E-state index is 0.139. The molecule has 2 rings (SSSR count). The fourth-order valence-electron chi connectivity index (χ4n) is 2.37. The van der Waals surface area contributed by atoms with E-state index in [4.69, 9.17) is 10.5 Å². The van der Waals surface area contributed by atoms with Gasteiger partial charge in [-0.2, -0.15) is 0 Å². The van der Waals surface area contributed by atoms with Gasteiger partial charge in [0, 0.05) is 6.54 Å². The number of benzene rings is 2. The molecule has 0 saturated carbocycles. The zero-order chi connectivity index (χ0) is 16.7. The normalized spacial score (nSPS) is 11.8. The first-order valence-electron chi connectivity index (χ1n) is 7.83. The number of hydrogen-bond acceptors (Lipinski definition) is 3. The summed E-state index contributed by atoms with van der Waals surface area (Å²) in [5.41, 5.74) is 9.17. The Morgan fingerprint density at radius 1 is 1.22 bits per heavy atom. The van der Waals surface area contributed by atoms with Crippen molar-refractivity contribution in [3.8, 4) is 5.75 Å². The van der Waals surface area contributed by atoms with Gasteiger partial charge in [-0.05, 0) is 43.0 Å². The van der Waals surface area contributed by atoms with Gasteiger partial charge in [0.05, 0.1) is 7.11 Å². The van der Waals surface area contributed by atoms with Gasteiger partial charge in [-0.15, -0.1) is 0 Å². The Kier molecular flexibility index (Phi) is 6.18. The Bertz CT molecular complexity index is 638. The van der Waals surface area contributed by atoms with Crippen LogP contribution >= 0.6 is 0 Å². The average Bonchev–Trinajstić information content (AvgIpc) is 2.58. The van der Waals surface area contributed by atoms with Crippen LogP contribution in [0, 0.1) is 6.92 Å². The van der Waals surface area contributed by atoms with Crippen molar-refractivity contribution >= 4 is 5.91 Å². The quantitative estimate of drug-likeness (QED) is 0.773. The summed E-state index contributed by atoms with van der Waals surface area (Å²) in [6.45, 7) is 2.61. The third-order valence-corrected chi connectivity index (χ3v) is 3.79. The Morgan fingerprint density at radius 3 is 2.65 bits per heavy atom. The molecular formula is C19H24N2O2. The number of nitrogens with one attached hydrogen (secondary N) is 1. The van der Waals surface area contributed by atoms with E-state index >= 15 is 0 Å². The zero-order valence-electron chi connectivity index (χ0n) is 13.7. The first kappa shape index (κ1) is 17.0. The van der Waals surface area contributed by atoms with Gasteiger partial charge in [-0.1, -0.05) is 42.0 Å². The molecule has 0 saturated heterocycles. The van der Waals surface area contributed by atoms with Crippen LogP contribution < -0.4 is 15.8 Å². The van der Waals surface area contributed by atoms with Crippen LogP contribution in [0.1, 0.15) is 29.2 Å². The number of carbonyl (C=O) groups is 1. The molecule has 122 valence electrons. The molecule has 0 aliphatic rings. The predicted octanol–water partition coefficient (Wildman–Crippen LogP) is 2.75. The van der Waals surface area contributed by atoms with E-state index in [0.29, 0.717) is 6.54 Å². The van der Waals surface area contributed by atoms with Crippen LogP contribution in [0.15, 0.2) is 48.5 Å². The van der Waals surface area contributed by atoms with Gasteiger partial charge in [0.2, 0.25) is 5.91 Å². The molecule has 0 fully saturated rings. The largest absolute Gasteiger partial charge is 0.497 e. The summed E-state index contributed by atoms with van der Waals surface area (Å²) in [6, 6.07) is 15.1. The maximum absolute atomic E-state index is 12.1. The maximum atomic E-state index is 12.1. The topological polar surface area (TPSA) is 64.3 Å². The zero-order valence-corrected chi connectivity index (χ0v) is 13.7. The molecular weight excluding hydrogens is 288 g/mol. The Labute approximate surface area is 137 Å². The molecule has 1 atom stereocenters. The number of aryl methyl sites for hydroxylation is 2. The van der Waals surface area contributed by atoms with Gasteiger partial charge in [-0.3, -0.25) is 4.79 Å². The minimum atomic E-state index is -0.618. The lowest BCUT2D eigenvalue weighted by Crippen LogP contribution is -2.34. The number of methoxy groups -OCH3 is 1. The van der Waals surface area contributed by atoms with Gasteiger partial charge >= 0.3 is 0 Å². The van der Waals surface area contributed by atoms with Crippen molar-refractivity contribution in [3.05, 3.63) is 65.2 Å². The molecule has 0 radical (unpaired) electrons. The summed E-state index contributed by atoms with van der Waals surface area (Å²) in [4.78, 5) is 12.1. The molecule has 2 aromatic rings. The summed E-state index contributed by atoms with van der Waals surface area (Å²) in [5, 5.41) is 2.90. The summed E-state index contributed by atoms with van der Waals surface area (Å²) in [7, 11) is 1.66. The molecule has 3 N–H and O–H groups in total. The van der Waals surface area contributed by atoms with Crippen molar-refractivity contribution in [1.82, 2.24) is 5.32 Å². The number of ether oxygens (including phenoxy) is 1. The molecule has 0 aliphatic carbocycles. The molecule has 0 spiro atoms. The fraction of sp³-hybridized carbons (Fsp3) is 0.316. The van der Waals surface area contributed by atoms with Crippen LogP contribution in [-0.2, 0) is 11.2 Å². The Morgan fingerprint density at radius 2 is 1.96 bits per heavy atom.